The second-order valence-electron chi connectivity index (χ2n) is 5.55. The number of methoxy groups -OCH3 is 1. The zero-order valence-corrected chi connectivity index (χ0v) is 16.6. The molecular weight excluding hydrogens is 449 g/mol. The van der Waals surface area contributed by atoms with E-state index in [0.717, 1.165) is 22.0 Å². The lowest BCUT2D eigenvalue weighted by Crippen LogP contribution is -2.04. The molecule has 6 nitrogen and oxygen atoms in total. The number of halogens is 1. The Bertz CT molecular complexity index is 855. The van der Waals surface area contributed by atoms with E-state index in [4.69, 9.17) is 18.6 Å². The summed E-state index contributed by atoms with van der Waals surface area (Å²) < 4.78 is 22.5. The normalized spacial score (nSPS) is 15.1. The largest absolute Gasteiger partial charge is 0.493 e. The number of esters is 1. The van der Waals surface area contributed by atoms with E-state index in [0.29, 0.717) is 23.9 Å². The van der Waals surface area contributed by atoms with Crippen LogP contribution in [0.4, 0.5) is 0 Å². The van der Waals surface area contributed by atoms with Crippen LogP contribution in [0.1, 0.15) is 31.1 Å². The lowest BCUT2D eigenvalue weighted by Gasteiger charge is -2.13. The molecule has 0 N–H and O–H groups in total. The molecule has 26 heavy (non-hydrogen) atoms. The van der Waals surface area contributed by atoms with Crippen molar-refractivity contribution >= 4 is 40.5 Å². The first kappa shape index (κ1) is 18.5. The molecule has 136 valence electrons. The molecule has 2 heterocycles. The van der Waals surface area contributed by atoms with Gasteiger partial charge in [0, 0.05) is 0 Å². The van der Waals surface area contributed by atoms with E-state index >= 15 is 0 Å². The van der Waals surface area contributed by atoms with Crippen LogP contribution < -0.4 is 9.47 Å². The second-order valence-corrected chi connectivity index (χ2v) is 6.71. The summed E-state index contributed by atoms with van der Waals surface area (Å²) in [5.41, 5.74) is 0.972. The van der Waals surface area contributed by atoms with Crippen LogP contribution in [-0.2, 0) is 9.53 Å². The van der Waals surface area contributed by atoms with Gasteiger partial charge in [0.2, 0.25) is 0 Å². The molecule has 0 spiro atoms. The second kappa shape index (κ2) is 8.39. The minimum Gasteiger partial charge on any atom is -0.493 e. The number of rotatable bonds is 7. The highest BCUT2D eigenvalue weighted by Gasteiger charge is 2.26. The maximum atomic E-state index is 12.1. The number of hydrogen-bond donors (Lipinski definition) is 0. The molecule has 1 aliphatic heterocycles. The van der Waals surface area contributed by atoms with Gasteiger partial charge in [0.25, 0.3) is 5.90 Å². The van der Waals surface area contributed by atoms with Gasteiger partial charge >= 0.3 is 5.97 Å². The van der Waals surface area contributed by atoms with Crippen LogP contribution in [0, 0.1) is 3.57 Å². The molecule has 0 atom stereocenters. The molecule has 0 radical (unpaired) electrons. The zero-order chi connectivity index (χ0) is 18.5. The van der Waals surface area contributed by atoms with Crippen LogP contribution in [0.3, 0.4) is 0 Å². The number of nitrogens with zero attached hydrogens (tertiary/aromatic N) is 1. The summed E-state index contributed by atoms with van der Waals surface area (Å²) in [6.07, 6.45) is 5.18. The van der Waals surface area contributed by atoms with E-state index in [1.54, 1.807) is 25.3 Å². The van der Waals surface area contributed by atoms with Crippen LogP contribution in [0.5, 0.6) is 11.5 Å². The predicted molar refractivity (Wildman–Crippen MR) is 105 cm³/mol. The Morgan fingerprint density at radius 3 is 2.88 bits per heavy atom. The molecule has 0 saturated carbocycles. The first-order chi connectivity index (χ1) is 12.6. The predicted octanol–water partition coefficient (Wildman–Crippen LogP) is 4.42. The minimum absolute atomic E-state index is 0.160. The van der Waals surface area contributed by atoms with Crippen molar-refractivity contribution in [1.29, 1.82) is 0 Å². The SMILES string of the molecule is CCCCOc1c(I)cc(/C=C2/N=C(c3ccco3)OC2=O)cc1OC. The number of ether oxygens (including phenoxy) is 3. The molecule has 1 aromatic heterocycles. The maximum absolute atomic E-state index is 12.1. The van der Waals surface area contributed by atoms with Gasteiger partial charge in [-0.05, 0) is 64.9 Å². The van der Waals surface area contributed by atoms with Gasteiger partial charge in [0.15, 0.2) is 23.0 Å². The first-order valence-corrected chi connectivity index (χ1v) is 9.27. The molecule has 7 heteroatoms. The highest BCUT2D eigenvalue weighted by atomic mass is 127. The van der Waals surface area contributed by atoms with Crippen molar-refractivity contribution in [3.8, 4) is 11.5 Å². The Morgan fingerprint density at radius 1 is 1.35 bits per heavy atom. The van der Waals surface area contributed by atoms with Gasteiger partial charge in [-0.25, -0.2) is 9.79 Å². The van der Waals surface area contributed by atoms with Gasteiger partial charge in [-0.1, -0.05) is 13.3 Å². The van der Waals surface area contributed by atoms with E-state index in [2.05, 4.69) is 34.5 Å². The van der Waals surface area contributed by atoms with Gasteiger partial charge in [0.1, 0.15) is 0 Å². The molecule has 0 unspecified atom stereocenters. The third-order valence-corrected chi connectivity index (χ3v) is 4.45. The number of unbranched alkanes of at least 4 members (excludes halogenated alkanes) is 1. The Hall–Kier alpha value is -2.29. The highest BCUT2D eigenvalue weighted by molar-refractivity contribution is 14.1. The Kier molecular flexibility index (Phi) is 5.97. The van der Waals surface area contributed by atoms with Crippen LogP contribution in [0.15, 0.2) is 45.6 Å². The fraction of sp³-hybridized carbons (Fsp3) is 0.263. The monoisotopic (exact) mass is 467 g/mol. The summed E-state index contributed by atoms with van der Waals surface area (Å²) in [6.45, 7) is 2.74. The number of hydrogen-bond acceptors (Lipinski definition) is 6. The van der Waals surface area contributed by atoms with Gasteiger partial charge < -0.3 is 18.6 Å². The Balaban J connectivity index is 1.88. The molecule has 0 amide bonds. The van der Waals surface area contributed by atoms with Gasteiger partial charge in [-0.3, -0.25) is 0 Å². The fourth-order valence-corrected chi connectivity index (χ4v) is 3.14. The lowest BCUT2D eigenvalue weighted by molar-refractivity contribution is -0.130. The van der Waals surface area contributed by atoms with Crippen molar-refractivity contribution in [2.45, 2.75) is 19.8 Å². The molecule has 1 aromatic carbocycles. The van der Waals surface area contributed by atoms with Crippen molar-refractivity contribution in [2.75, 3.05) is 13.7 Å². The molecule has 0 saturated heterocycles. The maximum Gasteiger partial charge on any atom is 0.363 e. The average Bonchev–Trinajstić information content (AvgIpc) is 3.27. The summed E-state index contributed by atoms with van der Waals surface area (Å²) in [5, 5.41) is 0. The van der Waals surface area contributed by atoms with Crippen molar-refractivity contribution in [3.63, 3.8) is 0 Å². The van der Waals surface area contributed by atoms with Crippen LogP contribution in [0.25, 0.3) is 6.08 Å². The highest BCUT2D eigenvalue weighted by Crippen LogP contribution is 2.35. The van der Waals surface area contributed by atoms with E-state index in [1.807, 2.05) is 12.1 Å². The number of benzene rings is 1. The van der Waals surface area contributed by atoms with E-state index < -0.39 is 5.97 Å². The third kappa shape index (κ3) is 4.09. The van der Waals surface area contributed by atoms with Gasteiger partial charge in [-0.2, -0.15) is 0 Å². The molecule has 0 aliphatic carbocycles. The van der Waals surface area contributed by atoms with E-state index in [9.17, 15) is 4.79 Å². The average molecular weight is 467 g/mol. The van der Waals surface area contributed by atoms with Crippen molar-refractivity contribution in [3.05, 3.63) is 51.1 Å². The Labute approximate surface area is 165 Å². The molecule has 2 aromatic rings. The smallest absolute Gasteiger partial charge is 0.363 e. The van der Waals surface area contributed by atoms with Gasteiger partial charge in [-0.15, -0.1) is 0 Å². The number of cyclic esters (lactones) is 1. The standard InChI is InChI=1S/C19H18INO5/c1-3-4-7-25-17-13(20)9-12(11-16(17)23-2)10-14-19(22)26-18(21-14)15-6-5-8-24-15/h5-6,8-11H,3-4,7H2,1-2H3/b14-10+. The van der Waals surface area contributed by atoms with Crippen LogP contribution in [0.2, 0.25) is 0 Å². The minimum atomic E-state index is -0.520. The molecule has 0 fully saturated rings. The van der Waals surface area contributed by atoms with Crippen molar-refractivity contribution in [1.82, 2.24) is 0 Å². The van der Waals surface area contributed by atoms with Crippen molar-refractivity contribution < 1.29 is 23.4 Å². The topological polar surface area (TPSA) is 70.3 Å². The quantitative estimate of drug-likeness (QED) is 0.261. The summed E-state index contributed by atoms with van der Waals surface area (Å²) >= 11 is 2.19. The summed E-state index contributed by atoms with van der Waals surface area (Å²) in [5.74, 6) is 1.37. The summed E-state index contributed by atoms with van der Waals surface area (Å²) in [4.78, 5) is 16.3. The summed E-state index contributed by atoms with van der Waals surface area (Å²) in [6, 6.07) is 7.11. The lowest BCUT2D eigenvalue weighted by atomic mass is 10.1. The number of carbonyl (C=O) groups excluding carboxylic acids is 1. The molecule has 3 rings (SSSR count). The van der Waals surface area contributed by atoms with Crippen LogP contribution >= 0.6 is 22.6 Å². The van der Waals surface area contributed by atoms with E-state index in [-0.39, 0.29) is 11.6 Å². The van der Waals surface area contributed by atoms with Gasteiger partial charge in [0.05, 0.1) is 23.6 Å². The number of carbonyl (C=O) groups is 1. The number of furan rings is 1. The van der Waals surface area contributed by atoms with Crippen LogP contribution in [-0.4, -0.2) is 25.6 Å². The van der Waals surface area contributed by atoms with E-state index in [1.165, 1.54) is 6.26 Å². The fourth-order valence-electron chi connectivity index (χ4n) is 2.35. The number of aliphatic imine (C=N–C) groups is 1. The Morgan fingerprint density at radius 2 is 2.19 bits per heavy atom. The third-order valence-electron chi connectivity index (χ3n) is 3.65. The molecular formula is C19H18INO5. The van der Waals surface area contributed by atoms with Crippen molar-refractivity contribution in [2.24, 2.45) is 4.99 Å². The molecule has 0 bridgehead atoms. The molecule has 1 aliphatic rings. The zero-order valence-electron chi connectivity index (χ0n) is 14.5. The first-order valence-electron chi connectivity index (χ1n) is 8.19. The summed E-state index contributed by atoms with van der Waals surface area (Å²) in [7, 11) is 1.59.